The topological polar surface area (TPSA) is 115 Å². The average molecular weight is 817 g/mol. The molecule has 0 radical (unpaired) electrons. The summed E-state index contributed by atoms with van der Waals surface area (Å²) in [4.78, 5) is 63.6. The van der Waals surface area contributed by atoms with E-state index in [4.69, 9.17) is 4.74 Å². The van der Waals surface area contributed by atoms with Crippen LogP contribution in [0.3, 0.4) is 0 Å². The number of amides is 4. The Bertz CT molecular complexity index is 2000. The smallest absolute Gasteiger partial charge is 0.334 e. The van der Waals surface area contributed by atoms with Crippen molar-refractivity contribution in [2.24, 2.45) is 0 Å². The van der Waals surface area contributed by atoms with Crippen molar-refractivity contribution in [2.75, 3.05) is 13.6 Å². The summed E-state index contributed by atoms with van der Waals surface area (Å²) >= 11 is 0. The summed E-state index contributed by atoms with van der Waals surface area (Å²) in [6.45, 7) is 4.65. The zero-order valence-electron chi connectivity index (χ0n) is 35.9. The van der Waals surface area contributed by atoms with E-state index >= 15 is 0 Å². The van der Waals surface area contributed by atoms with E-state index in [1.54, 1.807) is 45.2 Å². The minimum atomic E-state index is -0.885. The molecule has 2 aliphatic heterocycles. The monoisotopic (exact) mass is 816 g/mol. The molecule has 4 aromatic rings. The third kappa shape index (κ3) is 11.7. The van der Waals surface area contributed by atoms with Gasteiger partial charge in [0, 0.05) is 44.6 Å². The summed E-state index contributed by atoms with van der Waals surface area (Å²) in [7, 11) is 1.73. The quantitative estimate of drug-likeness (QED) is 0.0507. The zero-order valence-corrected chi connectivity index (χ0v) is 35.9. The molecular weight excluding hydrogens is 753 g/mol. The highest BCUT2D eigenvalue weighted by Crippen LogP contribution is 2.34. The van der Waals surface area contributed by atoms with Crippen LogP contribution in [0.1, 0.15) is 120 Å². The number of esters is 1. The fraction of sp³-hybridized carbons (Fsp3) is 0.490. The number of unbranched alkanes of at least 4 members (excludes halogenated alkanes) is 12. The normalized spacial score (nSPS) is 18.2. The largest absolute Gasteiger partial charge is 0.427 e. The maximum Gasteiger partial charge on any atom is 0.334 e. The molecule has 11 heteroatoms. The number of carbonyl (C=O) groups excluding carboxylic acids is 4. The van der Waals surface area contributed by atoms with Crippen LogP contribution in [0.5, 0.6) is 5.75 Å². The van der Waals surface area contributed by atoms with Crippen LogP contribution in [0.2, 0.25) is 0 Å². The molecule has 0 spiro atoms. The molecule has 4 amide bonds. The van der Waals surface area contributed by atoms with Gasteiger partial charge in [-0.05, 0) is 48.2 Å². The van der Waals surface area contributed by atoms with Crippen molar-refractivity contribution >= 4 is 34.7 Å². The van der Waals surface area contributed by atoms with Gasteiger partial charge in [0.1, 0.15) is 18.0 Å². The Kier molecular flexibility index (Phi) is 16.5. The van der Waals surface area contributed by atoms with E-state index < -0.39 is 18.2 Å². The van der Waals surface area contributed by atoms with Gasteiger partial charge in [0.15, 0.2) is 0 Å². The summed E-state index contributed by atoms with van der Waals surface area (Å²) in [6.07, 6.45) is 17.8. The highest BCUT2D eigenvalue weighted by Gasteiger charge is 2.54. The number of fused-ring (bicyclic) bond motifs is 2. The fourth-order valence-electron chi connectivity index (χ4n) is 8.69. The van der Waals surface area contributed by atoms with Gasteiger partial charge in [0.05, 0.1) is 18.1 Å². The first-order valence-electron chi connectivity index (χ1n) is 22.3. The van der Waals surface area contributed by atoms with Crippen molar-refractivity contribution < 1.29 is 23.9 Å². The van der Waals surface area contributed by atoms with Gasteiger partial charge in [0.25, 0.3) is 0 Å². The third-order valence-electron chi connectivity index (χ3n) is 12.0. The van der Waals surface area contributed by atoms with Gasteiger partial charge < -0.3 is 19.9 Å². The van der Waals surface area contributed by atoms with Crippen molar-refractivity contribution in [1.29, 1.82) is 0 Å². The molecule has 2 fully saturated rings. The van der Waals surface area contributed by atoms with Gasteiger partial charge in [-0.15, -0.1) is 0 Å². The predicted molar refractivity (Wildman–Crippen MR) is 235 cm³/mol. The minimum Gasteiger partial charge on any atom is -0.427 e. The van der Waals surface area contributed by atoms with Gasteiger partial charge in [0.2, 0.25) is 11.8 Å². The zero-order chi connectivity index (χ0) is 42.3. The first-order valence-corrected chi connectivity index (χ1v) is 22.3. The van der Waals surface area contributed by atoms with Crippen LogP contribution in [0.15, 0.2) is 91.1 Å². The summed E-state index contributed by atoms with van der Waals surface area (Å²) in [5.74, 6) is -0.244. The molecular formula is C49H64N6O5. The Morgan fingerprint density at radius 1 is 0.767 bits per heavy atom. The molecule has 6 rings (SSSR count). The first-order chi connectivity index (χ1) is 29.2. The van der Waals surface area contributed by atoms with Crippen molar-refractivity contribution in [1.82, 2.24) is 30.1 Å². The van der Waals surface area contributed by atoms with Crippen molar-refractivity contribution in [3.05, 3.63) is 108 Å². The van der Waals surface area contributed by atoms with Gasteiger partial charge in [-0.2, -0.15) is 0 Å². The lowest BCUT2D eigenvalue weighted by Gasteiger charge is -2.57. The molecule has 0 aliphatic carbocycles. The lowest BCUT2D eigenvalue weighted by Crippen LogP contribution is -2.78. The summed E-state index contributed by atoms with van der Waals surface area (Å²) in [6, 6.07) is 24.8. The number of likely N-dealkylation sites (N-methyl/N-ethyl adjacent to an activating group) is 1. The predicted octanol–water partition coefficient (Wildman–Crippen LogP) is 9.19. The molecule has 1 N–H and O–H groups in total. The van der Waals surface area contributed by atoms with Crippen LogP contribution in [-0.2, 0) is 33.9 Å². The number of rotatable bonds is 21. The second-order valence-electron chi connectivity index (χ2n) is 16.5. The van der Waals surface area contributed by atoms with Crippen LogP contribution in [-0.4, -0.2) is 80.5 Å². The number of nitrogens with one attached hydrogen (secondary N) is 1. The number of hydrogen-bond donors (Lipinski definition) is 1. The lowest BCUT2D eigenvalue weighted by molar-refractivity contribution is -0.196. The van der Waals surface area contributed by atoms with E-state index in [0.29, 0.717) is 18.7 Å². The fourth-order valence-corrected chi connectivity index (χ4v) is 8.69. The van der Waals surface area contributed by atoms with E-state index in [2.05, 4.69) is 17.2 Å². The Hall–Kier alpha value is -5.29. The average Bonchev–Trinajstić information content (AvgIpc) is 3.25. The summed E-state index contributed by atoms with van der Waals surface area (Å²) in [5.41, 5.74) is 3.42. The summed E-state index contributed by atoms with van der Waals surface area (Å²) < 4.78 is 5.69. The number of hydrogen-bond acceptors (Lipinski definition) is 7. The molecule has 2 saturated heterocycles. The molecule has 0 saturated carbocycles. The second-order valence-corrected chi connectivity index (χ2v) is 16.5. The van der Waals surface area contributed by atoms with Crippen LogP contribution in [0.4, 0.5) is 4.79 Å². The van der Waals surface area contributed by atoms with Gasteiger partial charge in [-0.3, -0.25) is 19.4 Å². The number of ether oxygens (including phenoxy) is 1. The van der Waals surface area contributed by atoms with Crippen LogP contribution in [0.25, 0.3) is 10.9 Å². The van der Waals surface area contributed by atoms with E-state index in [0.717, 1.165) is 46.9 Å². The number of para-hydroxylation sites is 1. The van der Waals surface area contributed by atoms with E-state index in [1.165, 1.54) is 64.2 Å². The van der Waals surface area contributed by atoms with Gasteiger partial charge >= 0.3 is 12.0 Å². The van der Waals surface area contributed by atoms with Crippen LogP contribution < -0.4 is 10.1 Å². The Morgan fingerprint density at radius 3 is 2.10 bits per heavy atom. The Labute approximate surface area is 356 Å². The van der Waals surface area contributed by atoms with Gasteiger partial charge in [-0.25, -0.2) is 14.8 Å². The van der Waals surface area contributed by atoms with Crippen LogP contribution >= 0.6 is 0 Å². The van der Waals surface area contributed by atoms with Gasteiger partial charge in [-0.1, -0.05) is 151 Å². The minimum absolute atomic E-state index is 0.0624. The van der Waals surface area contributed by atoms with Crippen molar-refractivity contribution in [3.8, 4) is 5.75 Å². The maximum atomic E-state index is 14.7. The Morgan fingerprint density at radius 2 is 1.42 bits per heavy atom. The van der Waals surface area contributed by atoms with E-state index in [9.17, 15) is 19.2 Å². The number of benzene rings is 3. The number of piperazine rings is 1. The molecule has 2 aliphatic rings. The number of hydrazine groups is 1. The standard InChI is InChI=1S/C49H64N6O5/c1-4-5-6-7-8-9-10-11-12-13-14-15-19-27-45(57)60-42-30-28-38(29-31-42)33-43-48(58)53(35-41-25-20-24-40-26-21-32-50-46(40)41)37(2)47-54(43)44(56)36-52(3)55(47)49(59)51-34-39-22-17-16-18-23-39/h16-18,20-26,28-32,37,43,47H,4-15,19,27,33-36H2,1-3H3,(H,51,59)/t37-,43-,47?/m0/s1. The number of aromatic nitrogens is 1. The number of urea groups is 1. The number of carbonyl (C=O) groups is 4. The van der Waals surface area contributed by atoms with E-state index in [1.807, 2.05) is 79.7 Å². The van der Waals surface area contributed by atoms with Crippen molar-refractivity contribution in [3.63, 3.8) is 0 Å². The number of nitrogens with zero attached hydrogens (tertiary/aromatic N) is 5. The molecule has 1 aromatic heterocycles. The molecule has 3 aromatic carbocycles. The lowest BCUT2D eigenvalue weighted by atomic mass is 9.94. The molecule has 11 nitrogen and oxygen atoms in total. The molecule has 0 bridgehead atoms. The summed E-state index contributed by atoms with van der Waals surface area (Å²) in [5, 5.41) is 7.24. The molecule has 1 unspecified atom stereocenters. The molecule has 320 valence electrons. The Balaban J connectivity index is 1.09. The van der Waals surface area contributed by atoms with E-state index in [-0.39, 0.29) is 43.3 Å². The van der Waals surface area contributed by atoms with Crippen LogP contribution in [0, 0.1) is 0 Å². The van der Waals surface area contributed by atoms with Crippen molar-refractivity contribution in [2.45, 2.75) is 141 Å². The molecule has 60 heavy (non-hydrogen) atoms. The molecule has 3 heterocycles. The second kappa shape index (κ2) is 22.4. The SMILES string of the molecule is CCCCCCCCCCCCCCCC(=O)Oc1ccc(C[C@H]2C(=O)N(Cc3cccc4cccnc34)[C@@H](C)C3N2C(=O)CN(C)N3C(=O)NCc2ccccc2)cc1. The maximum absolute atomic E-state index is 14.7. The number of pyridine rings is 1. The third-order valence-corrected chi connectivity index (χ3v) is 12.0. The first kappa shape index (κ1) is 44.3. The highest BCUT2D eigenvalue weighted by molar-refractivity contribution is 5.92. The molecule has 3 atom stereocenters. The highest BCUT2D eigenvalue weighted by atomic mass is 16.5.